The van der Waals surface area contributed by atoms with Gasteiger partial charge < -0.3 is 15.0 Å². The van der Waals surface area contributed by atoms with Gasteiger partial charge in [-0.25, -0.2) is 4.98 Å². The molecule has 2 N–H and O–H groups in total. The van der Waals surface area contributed by atoms with Gasteiger partial charge in [0.15, 0.2) is 0 Å². The molecule has 0 aliphatic heterocycles. The fourth-order valence-electron chi connectivity index (χ4n) is 5.40. The van der Waals surface area contributed by atoms with Crippen LogP contribution in [0.2, 0.25) is 0 Å². The van der Waals surface area contributed by atoms with Crippen molar-refractivity contribution >= 4 is 34.2 Å². The van der Waals surface area contributed by atoms with E-state index < -0.39 is 36.1 Å². The van der Waals surface area contributed by atoms with Gasteiger partial charge in [-0.05, 0) is 54.8 Å². The lowest BCUT2D eigenvalue weighted by Crippen LogP contribution is -2.37. The number of carboxylic acids is 1. The third kappa shape index (κ3) is 6.52. The maximum absolute atomic E-state index is 14.0. The van der Waals surface area contributed by atoms with Crippen LogP contribution in [-0.2, 0) is 11.2 Å². The topological polar surface area (TPSA) is 84.2 Å². The van der Waals surface area contributed by atoms with Crippen molar-refractivity contribution in [1.29, 1.82) is 0 Å². The minimum absolute atomic E-state index is 0.0909. The first kappa shape index (κ1) is 27.2. The number of carbonyl (C=O) groups excluding carboxylic acids is 1. The van der Waals surface area contributed by atoms with Crippen molar-refractivity contribution in [3.63, 3.8) is 0 Å². The van der Waals surface area contributed by atoms with E-state index in [-0.39, 0.29) is 18.8 Å². The fourth-order valence-corrected chi connectivity index (χ4v) is 6.10. The number of thiophene rings is 1. The van der Waals surface area contributed by atoms with E-state index in [9.17, 15) is 27.9 Å². The predicted molar refractivity (Wildman–Crippen MR) is 137 cm³/mol. The van der Waals surface area contributed by atoms with Crippen molar-refractivity contribution in [2.45, 2.75) is 77.1 Å². The van der Waals surface area contributed by atoms with E-state index >= 15 is 0 Å². The number of aromatic nitrogens is 2. The lowest BCUT2D eigenvalue weighted by atomic mass is 9.83. The highest BCUT2D eigenvalue weighted by atomic mass is 32.1. The maximum Gasteiger partial charge on any atom is 0.393 e. The van der Waals surface area contributed by atoms with E-state index in [1.807, 2.05) is 31.4 Å². The number of benzene rings is 1. The van der Waals surface area contributed by atoms with Crippen LogP contribution in [0.15, 0.2) is 35.7 Å². The second-order valence-electron chi connectivity index (χ2n) is 10.3. The molecule has 2 aromatic heterocycles. The average molecular weight is 536 g/mol. The first-order valence-electron chi connectivity index (χ1n) is 12.7. The second kappa shape index (κ2) is 11.2. The number of amides is 1. The minimum atomic E-state index is -4.31. The van der Waals surface area contributed by atoms with Gasteiger partial charge in [-0.15, -0.1) is 11.3 Å². The number of hydrogen-bond acceptors (Lipinski definition) is 4. The molecular weight excluding hydrogens is 503 g/mol. The number of alkyl halides is 3. The zero-order valence-corrected chi connectivity index (χ0v) is 21.7. The highest BCUT2D eigenvalue weighted by Crippen LogP contribution is 2.45. The van der Waals surface area contributed by atoms with Gasteiger partial charge in [-0.2, -0.15) is 13.2 Å². The Bertz CT molecular complexity index is 1240. The molecule has 2 unspecified atom stereocenters. The molecule has 0 radical (unpaired) electrons. The summed E-state index contributed by atoms with van der Waals surface area (Å²) in [6.45, 7) is 3.91. The summed E-state index contributed by atoms with van der Waals surface area (Å²) < 4.78 is 43.9. The zero-order valence-electron chi connectivity index (χ0n) is 20.9. The molecule has 37 heavy (non-hydrogen) atoms. The summed E-state index contributed by atoms with van der Waals surface area (Å²) in [6, 6.07) is 7.42. The van der Waals surface area contributed by atoms with E-state index in [1.54, 1.807) is 22.8 Å². The van der Waals surface area contributed by atoms with Crippen LogP contribution in [0, 0.1) is 11.8 Å². The Labute approximate surface area is 217 Å². The van der Waals surface area contributed by atoms with Gasteiger partial charge >= 0.3 is 12.1 Å². The van der Waals surface area contributed by atoms with Gasteiger partial charge in [0, 0.05) is 28.9 Å². The summed E-state index contributed by atoms with van der Waals surface area (Å²) in [5, 5.41) is 14.0. The Kier molecular flexibility index (Phi) is 8.26. The number of halogens is 3. The quantitative estimate of drug-likeness (QED) is 0.323. The molecule has 1 saturated carbocycles. The van der Waals surface area contributed by atoms with Crippen molar-refractivity contribution in [2.75, 3.05) is 0 Å². The Hall–Kier alpha value is -2.88. The monoisotopic (exact) mass is 535 g/mol. The number of fused-ring (bicyclic) bond motifs is 1. The second-order valence-corrected chi connectivity index (χ2v) is 11.3. The summed E-state index contributed by atoms with van der Waals surface area (Å²) in [6.07, 6.45) is -1.80. The Morgan fingerprint density at radius 3 is 2.62 bits per heavy atom. The van der Waals surface area contributed by atoms with Crippen LogP contribution in [0.1, 0.15) is 79.5 Å². The van der Waals surface area contributed by atoms with Crippen LogP contribution < -0.4 is 5.32 Å². The number of nitrogens with zero attached hydrogens (tertiary/aromatic N) is 2. The molecular formula is C27H32F3N3O3S. The van der Waals surface area contributed by atoms with Crippen LogP contribution in [0.25, 0.3) is 11.0 Å². The fraction of sp³-hybridized carbons (Fsp3) is 0.519. The Morgan fingerprint density at radius 2 is 1.97 bits per heavy atom. The van der Waals surface area contributed by atoms with Gasteiger partial charge in [0.25, 0.3) is 5.91 Å². The zero-order chi connectivity index (χ0) is 26.7. The van der Waals surface area contributed by atoms with Crippen LogP contribution in [-0.4, -0.2) is 38.8 Å². The SMILES string of the molecule is CC(C)C[C@@H](CC(=O)O)NC(=O)c1ccc2c(c1)nc(Cc1cccs1)n2C1CCCCC1C(F)(F)F. The van der Waals surface area contributed by atoms with Crippen LogP contribution in [0.4, 0.5) is 13.2 Å². The van der Waals surface area contributed by atoms with Crippen molar-refractivity contribution in [3.8, 4) is 0 Å². The molecule has 6 nitrogen and oxygen atoms in total. The minimum Gasteiger partial charge on any atom is -0.481 e. The first-order chi connectivity index (χ1) is 17.5. The van der Waals surface area contributed by atoms with E-state index in [1.165, 1.54) is 11.3 Å². The first-order valence-corrected chi connectivity index (χ1v) is 13.5. The van der Waals surface area contributed by atoms with Crippen molar-refractivity contribution < 1.29 is 27.9 Å². The molecule has 0 saturated heterocycles. The van der Waals surface area contributed by atoms with E-state index in [2.05, 4.69) is 5.32 Å². The summed E-state index contributed by atoms with van der Waals surface area (Å²) in [5.41, 5.74) is 1.34. The Balaban J connectivity index is 1.71. The van der Waals surface area contributed by atoms with Gasteiger partial charge in [0.2, 0.25) is 0 Å². The lowest BCUT2D eigenvalue weighted by molar-refractivity contribution is -0.193. The van der Waals surface area contributed by atoms with E-state index in [0.717, 1.165) is 11.3 Å². The van der Waals surface area contributed by atoms with Crippen molar-refractivity contribution in [2.24, 2.45) is 11.8 Å². The number of aliphatic carboxylic acids is 1. The average Bonchev–Trinajstić information content (AvgIpc) is 3.44. The van der Waals surface area contributed by atoms with Crippen LogP contribution in [0.5, 0.6) is 0 Å². The summed E-state index contributed by atoms with van der Waals surface area (Å²) in [4.78, 5) is 30.0. The predicted octanol–water partition coefficient (Wildman–Crippen LogP) is 6.60. The van der Waals surface area contributed by atoms with Gasteiger partial charge in [-0.3, -0.25) is 9.59 Å². The van der Waals surface area contributed by atoms with E-state index in [0.29, 0.717) is 48.1 Å². The smallest absolute Gasteiger partial charge is 0.393 e. The molecule has 0 spiro atoms. The van der Waals surface area contributed by atoms with Gasteiger partial charge in [-0.1, -0.05) is 32.8 Å². The molecule has 2 heterocycles. The van der Waals surface area contributed by atoms with Crippen molar-refractivity contribution in [1.82, 2.24) is 14.9 Å². The number of nitrogens with one attached hydrogen (secondary N) is 1. The molecule has 3 aromatic rings. The molecule has 10 heteroatoms. The molecule has 200 valence electrons. The highest BCUT2D eigenvalue weighted by molar-refractivity contribution is 7.09. The van der Waals surface area contributed by atoms with Crippen LogP contribution >= 0.6 is 11.3 Å². The maximum atomic E-state index is 14.0. The van der Waals surface area contributed by atoms with Crippen molar-refractivity contribution in [3.05, 3.63) is 52.0 Å². The number of carboxylic acid groups (broad SMARTS) is 1. The molecule has 1 aliphatic rings. The number of hydrogen-bond donors (Lipinski definition) is 2. The number of imidazole rings is 1. The molecule has 4 rings (SSSR count). The molecule has 1 aromatic carbocycles. The summed E-state index contributed by atoms with van der Waals surface area (Å²) >= 11 is 1.53. The molecule has 1 fully saturated rings. The number of carbonyl (C=O) groups is 2. The molecule has 0 bridgehead atoms. The highest BCUT2D eigenvalue weighted by Gasteiger charge is 2.47. The lowest BCUT2D eigenvalue weighted by Gasteiger charge is -2.35. The third-order valence-corrected chi connectivity index (χ3v) is 7.81. The Morgan fingerprint density at radius 1 is 1.22 bits per heavy atom. The molecule has 3 atom stereocenters. The van der Waals surface area contributed by atoms with E-state index in [4.69, 9.17) is 4.98 Å². The van der Waals surface area contributed by atoms with Gasteiger partial charge in [0.05, 0.1) is 23.4 Å². The van der Waals surface area contributed by atoms with Crippen LogP contribution in [0.3, 0.4) is 0 Å². The largest absolute Gasteiger partial charge is 0.481 e. The molecule has 1 aliphatic carbocycles. The summed E-state index contributed by atoms with van der Waals surface area (Å²) in [5.74, 6) is -2.12. The number of rotatable bonds is 9. The third-order valence-electron chi connectivity index (χ3n) is 6.93. The molecule has 1 amide bonds. The summed E-state index contributed by atoms with van der Waals surface area (Å²) in [7, 11) is 0. The normalized spacial score (nSPS) is 19.3. The standard InChI is InChI=1S/C27H32F3N3O3S/c1-16(2)12-18(14-25(34)35)31-26(36)17-9-10-23-21(13-17)32-24(15-19-6-5-11-37-19)33(23)22-8-4-3-7-20(22)27(28,29)30/h5-6,9-11,13,16,18,20,22H,3-4,7-8,12,14-15H2,1-2H3,(H,31,36)(H,34,35)/t18-,20?,22?/m0/s1. The van der Waals surface area contributed by atoms with Gasteiger partial charge in [0.1, 0.15) is 5.82 Å².